The Labute approximate surface area is 202 Å². The number of likely N-dealkylation sites (tertiary alicyclic amines) is 1. The molecule has 0 radical (unpaired) electrons. The third-order valence-electron chi connectivity index (χ3n) is 6.17. The lowest BCUT2D eigenvalue weighted by molar-refractivity contribution is -0.140. The molecule has 3 rings (SSSR count). The number of carbonyl (C=O) groups is 2. The molecule has 1 amide bonds. The van der Waals surface area contributed by atoms with Crippen LogP contribution in [0.5, 0.6) is 5.75 Å². The van der Waals surface area contributed by atoms with Gasteiger partial charge >= 0.3 is 0 Å². The first-order valence-electron chi connectivity index (χ1n) is 11.8. The molecule has 0 unspecified atom stereocenters. The van der Waals surface area contributed by atoms with Gasteiger partial charge < -0.3 is 19.6 Å². The van der Waals surface area contributed by atoms with Crippen LogP contribution in [-0.2, 0) is 9.59 Å². The van der Waals surface area contributed by atoms with Crippen LogP contribution in [0, 0.1) is 6.92 Å². The molecule has 2 aromatic carbocycles. The van der Waals surface area contributed by atoms with Gasteiger partial charge in [0, 0.05) is 12.1 Å². The fraction of sp³-hybridized carbons (Fsp3) is 0.357. The molecule has 2 aromatic rings. The third kappa shape index (κ3) is 5.57. The van der Waals surface area contributed by atoms with Gasteiger partial charge in [-0.3, -0.25) is 9.59 Å². The summed E-state index contributed by atoms with van der Waals surface area (Å²) in [6.45, 7) is 13.3. The highest BCUT2D eigenvalue weighted by Crippen LogP contribution is 2.40. The van der Waals surface area contributed by atoms with Gasteiger partial charge in [-0.25, -0.2) is 0 Å². The second-order valence-electron chi connectivity index (χ2n) is 8.41. The van der Waals surface area contributed by atoms with Crippen LogP contribution >= 0.6 is 0 Å². The van der Waals surface area contributed by atoms with Crippen molar-refractivity contribution in [2.45, 2.75) is 33.2 Å². The molecule has 6 heteroatoms. The number of ether oxygens (including phenoxy) is 1. The zero-order chi connectivity index (χ0) is 24.7. The fourth-order valence-corrected chi connectivity index (χ4v) is 4.26. The Morgan fingerprint density at radius 2 is 1.85 bits per heavy atom. The number of ketones is 1. The number of nitrogens with zero attached hydrogens (tertiary/aromatic N) is 2. The summed E-state index contributed by atoms with van der Waals surface area (Å²) in [5, 5.41) is 11.2. The van der Waals surface area contributed by atoms with Crippen LogP contribution in [0.1, 0.15) is 43.0 Å². The Morgan fingerprint density at radius 3 is 2.50 bits per heavy atom. The van der Waals surface area contributed by atoms with Crippen molar-refractivity contribution in [3.63, 3.8) is 0 Å². The number of amides is 1. The monoisotopic (exact) mass is 462 g/mol. The lowest BCUT2D eigenvalue weighted by Crippen LogP contribution is -2.33. The molecule has 1 heterocycles. The normalized spacial score (nSPS) is 17.4. The van der Waals surface area contributed by atoms with Gasteiger partial charge in [0.2, 0.25) is 0 Å². The van der Waals surface area contributed by atoms with E-state index in [0.717, 1.165) is 37.2 Å². The average molecular weight is 463 g/mol. The van der Waals surface area contributed by atoms with Gasteiger partial charge in [0.15, 0.2) is 0 Å². The maximum Gasteiger partial charge on any atom is 0.295 e. The van der Waals surface area contributed by atoms with Crippen molar-refractivity contribution in [3.05, 3.63) is 83.4 Å². The summed E-state index contributed by atoms with van der Waals surface area (Å²) in [6.07, 6.45) is 2.38. The summed E-state index contributed by atoms with van der Waals surface area (Å²) < 4.78 is 5.69. The molecule has 1 fully saturated rings. The predicted molar refractivity (Wildman–Crippen MR) is 135 cm³/mol. The Morgan fingerprint density at radius 1 is 1.15 bits per heavy atom. The van der Waals surface area contributed by atoms with E-state index in [1.54, 1.807) is 23.1 Å². The highest BCUT2D eigenvalue weighted by Gasteiger charge is 2.45. The van der Waals surface area contributed by atoms with Crippen molar-refractivity contribution in [2.75, 3.05) is 32.8 Å². The number of carbonyl (C=O) groups excluding carboxylic acids is 2. The molecule has 1 N–H and O–H groups in total. The number of hydrogen-bond acceptors (Lipinski definition) is 5. The van der Waals surface area contributed by atoms with E-state index >= 15 is 0 Å². The van der Waals surface area contributed by atoms with E-state index < -0.39 is 17.7 Å². The first-order chi connectivity index (χ1) is 16.4. The van der Waals surface area contributed by atoms with Crippen molar-refractivity contribution >= 4 is 17.4 Å². The maximum atomic E-state index is 13.2. The number of aliphatic hydroxyl groups excluding tert-OH is 1. The SMILES string of the molecule is C=CCOc1cccc([C@@H]2/C(=C(\O)c3ccc(C)cc3)C(=O)C(=O)N2CCCN(CC)CC)c1. The van der Waals surface area contributed by atoms with Gasteiger partial charge in [-0.15, -0.1) is 0 Å². The largest absolute Gasteiger partial charge is 0.507 e. The summed E-state index contributed by atoms with van der Waals surface area (Å²) in [7, 11) is 0. The highest BCUT2D eigenvalue weighted by molar-refractivity contribution is 6.46. The first kappa shape index (κ1) is 25.2. The number of benzene rings is 2. The summed E-state index contributed by atoms with van der Waals surface area (Å²) in [5.41, 5.74) is 2.38. The van der Waals surface area contributed by atoms with Crippen molar-refractivity contribution < 1.29 is 19.4 Å². The second kappa shape index (κ2) is 11.7. The van der Waals surface area contributed by atoms with Gasteiger partial charge in [-0.05, 0) is 50.7 Å². The Bertz CT molecular complexity index is 1050. The molecule has 1 saturated heterocycles. The van der Waals surface area contributed by atoms with Crippen LogP contribution in [0.25, 0.3) is 5.76 Å². The Hall–Kier alpha value is -3.38. The van der Waals surface area contributed by atoms with Crippen LogP contribution < -0.4 is 4.74 Å². The van der Waals surface area contributed by atoms with E-state index in [1.165, 1.54) is 0 Å². The van der Waals surface area contributed by atoms with Crippen molar-refractivity contribution in [1.29, 1.82) is 0 Å². The Balaban J connectivity index is 2.04. The molecular formula is C28H34N2O4. The second-order valence-corrected chi connectivity index (χ2v) is 8.41. The summed E-state index contributed by atoms with van der Waals surface area (Å²) >= 11 is 0. The molecule has 0 bridgehead atoms. The van der Waals surface area contributed by atoms with Gasteiger partial charge in [0.05, 0.1) is 11.6 Å². The minimum Gasteiger partial charge on any atom is -0.507 e. The molecule has 0 saturated carbocycles. The fourth-order valence-electron chi connectivity index (χ4n) is 4.26. The zero-order valence-electron chi connectivity index (χ0n) is 20.3. The van der Waals surface area contributed by atoms with Gasteiger partial charge in [0.25, 0.3) is 11.7 Å². The van der Waals surface area contributed by atoms with E-state index in [4.69, 9.17) is 4.74 Å². The molecule has 34 heavy (non-hydrogen) atoms. The summed E-state index contributed by atoms with van der Waals surface area (Å²) in [5.74, 6) is -0.799. The molecule has 0 aliphatic carbocycles. The first-order valence-corrected chi connectivity index (χ1v) is 11.8. The summed E-state index contributed by atoms with van der Waals surface area (Å²) in [4.78, 5) is 30.2. The molecule has 1 aliphatic heterocycles. The number of aliphatic hydroxyl groups is 1. The van der Waals surface area contributed by atoms with E-state index in [1.807, 2.05) is 43.3 Å². The zero-order valence-corrected chi connectivity index (χ0v) is 20.3. The quantitative estimate of drug-likeness (QED) is 0.227. The smallest absolute Gasteiger partial charge is 0.295 e. The van der Waals surface area contributed by atoms with Gasteiger partial charge in [-0.2, -0.15) is 0 Å². The minimum atomic E-state index is -0.690. The van der Waals surface area contributed by atoms with E-state index in [0.29, 0.717) is 24.5 Å². The predicted octanol–water partition coefficient (Wildman–Crippen LogP) is 4.71. The molecule has 6 nitrogen and oxygen atoms in total. The van der Waals surface area contributed by atoms with Crippen LogP contribution in [0.3, 0.4) is 0 Å². The maximum absolute atomic E-state index is 13.2. The van der Waals surface area contributed by atoms with E-state index in [9.17, 15) is 14.7 Å². The number of aryl methyl sites for hydroxylation is 1. The Kier molecular flexibility index (Phi) is 8.66. The molecule has 180 valence electrons. The minimum absolute atomic E-state index is 0.109. The molecule has 1 aliphatic rings. The van der Waals surface area contributed by atoms with Crippen molar-refractivity contribution in [3.8, 4) is 5.75 Å². The molecule has 0 aromatic heterocycles. The van der Waals surface area contributed by atoms with Crippen LogP contribution in [0.15, 0.2) is 66.8 Å². The number of Topliss-reactive ketones (excluding diaryl/α,β-unsaturated/α-hetero) is 1. The molecule has 0 spiro atoms. The molecule has 1 atom stereocenters. The van der Waals surface area contributed by atoms with Crippen molar-refractivity contribution in [2.24, 2.45) is 0 Å². The lowest BCUT2D eigenvalue weighted by atomic mass is 9.95. The highest BCUT2D eigenvalue weighted by atomic mass is 16.5. The number of rotatable bonds is 11. The van der Waals surface area contributed by atoms with Gasteiger partial charge in [0.1, 0.15) is 18.1 Å². The average Bonchev–Trinajstić information content (AvgIpc) is 3.10. The van der Waals surface area contributed by atoms with Gasteiger partial charge in [-0.1, -0.05) is 68.5 Å². The van der Waals surface area contributed by atoms with E-state index in [2.05, 4.69) is 25.3 Å². The third-order valence-corrected chi connectivity index (χ3v) is 6.17. The van der Waals surface area contributed by atoms with Crippen LogP contribution in [0.2, 0.25) is 0 Å². The van der Waals surface area contributed by atoms with E-state index in [-0.39, 0.29) is 11.3 Å². The number of hydrogen-bond donors (Lipinski definition) is 1. The lowest BCUT2D eigenvalue weighted by Gasteiger charge is -2.27. The van der Waals surface area contributed by atoms with Crippen LogP contribution in [0.4, 0.5) is 0 Å². The molecular weight excluding hydrogens is 428 g/mol. The standard InChI is InChI=1S/C28H34N2O4/c1-5-18-34-23-11-8-10-22(19-23)25-24(26(31)21-14-12-20(4)13-15-21)27(32)28(33)30(25)17-9-16-29(6-2)7-3/h5,8,10-15,19,25,31H,1,6-7,9,16-18H2,2-4H3/b26-24+/t25-/m1/s1. The summed E-state index contributed by atoms with van der Waals surface area (Å²) in [6, 6.07) is 13.9. The topological polar surface area (TPSA) is 70.1 Å². The van der Waals surface area contributed by atoms with Crippen LogP contribution in [-0.4, -0.2) is 59.4 Å². The van der Waals surface area contributed by atoms with Crippen molar-refractivity contribution in [1.82, 2.24) is 9.80 Å².